The minimum absolute atomic E-state index is 0.521. The molecule has 0 aromatic heterocycles. The molecule has 0 bridgehead atoms. The quantitative estimate of drug-likeness (QED) is 0.611. The predicted octanol–water partition coefficient (Wildman–Crippen LogP) is 4.99. The Morgan fingerprint density at radius 1 is 1.06 bits per heavy atom. The van der Waals surface area contributed by atoms with Crippen LogP contribution in [0.3, 0.4) is 0 Å². The summed E-state index contributed by atoms with van der Waals surface area (Å²) in [5.41, 5.74) is 0. The summed E-state index contributed by atoms with van der Waals surface area (Å²) in [6.07, 6.45) is 10.8. The van der Waals surface area contributed by atoms with Crippen molar-refractivity contribution in [2.75, 3.05) is 0 Å². The first-order valence-corrected chi connectivity index (χ1v) is 7.59. The van der Waals surface area contributed by atoms with E-state index in [9.17, 15) is 4.79 Å². The molecule has 1 aliphatic rings. The van der Waals surface area contributed by atoms with E-state index in [4.69, 9.17) is 0 Å². The third-order valence-electron chi connectivity index (χ3n) is 4.05. The molecule has 0 aromatic carbocycles. The molecule has 1 heteroatoms. The van der Waals surface area contributed by atoms with Crippen LogP contribution in [0.4, 0.5) is 0 Å². The van der Waals surface area contributed by atoms with Gasteiger partial charge >= 0.3 is 0 Å². The van der Waals surface area contributed by atoms with Gasteiger partial charge in [0.05, 0.1) is 0 Å². The van der Waals surface area contributed by atoms with Gasteiger partial charge in [0, 0.05) is 12.8 Å². The average Bonchev–Trinajstić information content (AvgIpc) is 2.27. The van der Waals surface area contributed by atoms with Gasteiger partial charge in [-0.1, -0.05) is 65.7 Å². The van der Waals surface area contributed by atoms with Crippen LogP contribution in [-0.2, 0) is 4.79 Å². The lowest BCUT2D eigenvalue weighted by molar-refractivity contribution is -0.121. The first-order chi connectivity index (χ1) is 8.08. The van der Waals surface area contributed by atoms with Crippen LogP contribution in [-0.4, -0.2) is 5.78 Å². The van der Waals surface area contributed by atoms with Crippen molar-refractivity contribution in [1.29, 1.82) is 0 Å². The lowest BCUT2D eigenvalue weighted by Crippen LogP contribution is -2.14. The monoisotopic (exact) mass is 238 g/mol. The first-order valence-electron chi connectivity index (χ1n) is 7.59. The van der Waals surface area contributed by atoms with Gasteiger partial charge in [0.15, 0.2) is 0 Å². The van der Waals surface area contributed by atoms with Crippen molar-refractivity contribution in [2.45, 2.75) is 78.6 Å². The van der Waals surface area contributed by atoms with Gasteiger partial charge in [-0.25, -0.2) is 0 Å². The molecule has 0 aliphatic heterocycles. The Labute approximate surface area is 107 Å². The summed E-state index contributed by atoms with van der Waals surface area (Å²) in [4.78, 5) is 12.0. The van der Waals surface area contributed by atoms with Crippen molar-refractivity contribution in [2.24, 2.45) is 17.8 Å². The lowest BCUT2D eigenvalue weighted by atomic mass is 9.84. The topological polar surface area (TPSA) is 17.1 Å². The Kier molecular flexibility index (Phi) is 6.84. The largest absolute Gasteiger partial charge is 0.300 e. The molecule has 1 aliphatic carbocycles. The summed E-state index contributed by atoms with van der Waals surface area (Å²) in [6, 6.07) is 0. The van der Waals surface area contributed by atoms with E-state index in [2.05, 4.69) is 20.8 Å². The van der Waals surface area contributed by atoms with Crippen LogP contribution < -0.4 is 0 Å². The Balaban J connectivity index is 2.14. The molecule has 1 atom stereocenters. The normalized spacial score (nSPS) is 19.5. The second-order valence-corrected chi connectivity index (χ2v) is 6.53. The molecule has 1 saturated carbocycles. The maximum atomic E-state index is 12.0. The van der Waals surface area contributed by atoms with Crippen LogP contribution in [0.5, 0.6) is 0 Å². The van der Waals surface area contributed by atoms with Gasteiger partial charge in [0.1, 0.15) is 5.78 Å². The summed E-state index contributed by atoms with van der Waals surface area (Å²) < 4.78 is 0. The Hall–Kier alpha value is -0.330. The molecule has 0 N–H and O–H groups in total. The molecule has 1 nitrogen and oxygen atoms in total. The maximum Gasteiger partial charge on any atom is 0.133 e. The number of carbonyl (C=O) groups excluding carboxylic acids is 1. The van der Waals surface area contributed by atoms with Gasteiger partial charge in [-0.05, 0) is 17.8 Å². The van der Waals surface area contributed by atoms with E-state index in [1.807, 2.05) is 0 Å². The average molecular weight is 238 g/mol. The number of ketones is 1. The second-order valence-electron chi connectivity index (χ2n) is 6.53. The minimum Gasteiger partial charge on any atom is -0.300 e. The van der Waals surface area contributed by atoms with Gasteiger partial charge in [0.25, 0.3) is 0 Å². The molecule has 0 amide bonds. The number of hydrogen-bond acceptors (Lipinski definition) is 1. The second kappa shape index (κ2) is 7.89. The molecule has 0 heterocycles. The van der Waals surface area contributed by atoms with Crippen LogP contribution in [0, 0.1) is 17.8 Å². The van der Waals surface area contributed by atoms with Crippen LogP contribution in [0.1, 0.15) is 78.6 Å². The molecule has 1 unspecified atom stereocenters. The Morgan fingerprint density at radius 2 is 1.71 bits per heavy atom. The highest BCUT2D eigenvalue weighted by Crippen LogP contribution is 2.27. The number of hydrogen-bond donors (Lipinski definition) is 0. The van der Waals surface area contributed by atoms with E-state index in [1.54, 1.807) is 0 Å². The molecule has 17 heavy (non-hydrogen) atoms. The third-order valence-corrected chi connectivity index (χ3v) is 4.05. The van der Waals surface area contributed by atoms with Crippen molar-refractivity contribution in [1.82, 2.24) is 0 Å². The van der Waals surface area contributed by atoms with Crippen LogP contribution in [0.15, 0.2) is 0 Å². The van der Waals surface area contributed by atoms with Crippen LogP contribution in [0.2, 0.25) is 0 Å². The maximum absolute atomic E-state index is 12.0. The van der Waals surface area contributed by atoms with Crippen molar-refractivity contribution in [3.05, 3.63) is 0 Å². The minimum atomic E-state index is 0.521. The summed E-state index contributed by atoms with van der Waals surface area (Å²) in [7, 11) is 0. The third kappa shape index (κ3) is 6.85. The zero-order valence-electron chi connectivity index (χ0n) is 12.0. The van der Waals surface area contributed by atoms with Gasteiger partial charge in [-0.15, -0.1) is 0 Å². The zero-order chi connectivity index (χ0) is 12.7. The molecule has 0 saturated heterocycles. The molecule has 0 radical (unpaired) electrons. The van der Waals surface area contributed by atoms with Gasteiger partial charge in [0.2, 0.25) is 0 Å². The summed E-state index contributed by atoms with van der Waals surface area (Å²) in [5, 5.41) is 0. The van der Waals surface area contributed by atoms with Crippen LogP contribution in [0.25, 0.3) is 0 Å². The molecule has 1 fully saturated rings. The molecule has 0 spiro atoms. The van der Waals surface area contributed by atoms with Crippen molar-refractivity contribution in [3.8, 4) is 0 Å². The van der Waals surface area contributed by atoms with Crippen molar-refractivity contribution < 1.29 is 4.79 Å². The fourth-order valence-electron chi connectivity index (χ4n) is 2.91. The predicted molar refractivity (Wildman–Crippen MR) is 74.1 cm³/mol. The lowest BCUT2D eigenvalue weighted by Gasteiger charge is -2.21. The molecular formula is C16H30O. The SMILES string of the molecule is CC(C)CCC(C)CC(=O)CC1CCCCC1. The van der Waals surface area contributed by atoms with E-state index in [0.29, 0.717) is 17.6 Å². The number of rotatable bonds is 7. The highest BCUT2D eigenvalue weighted by molar-refractivity contribution is 5.78. The smallest absolute Gasteiger partial charge is 0.133 e. The van der Waals surface area contributed by atoms with Crippen molar-refractivity contribution >= 4 is 5.78 Å². The van der Waals surface area contributed by atoms with E-state index >= 15 is 0 Å². The summed E-state index contributed by atoms with van der Waals surface area (Å²) in [5.74, 6) is 2.60. The summed E-state index contributed by atoms with van der Waals surface area (Å²) >= 11 is 0. The van der Waals surface area contributed by atoms with E-state index in [0.717, 1.165) is 18.8 Å². The molecular weight excluding hydrogens is 208 g/mol. The van der Waals surface area contributed by atoms with E-state index in [1.165, 1.54) is 44.9 Å². The van der Waals surface area contributed by atoms with E-state index < -0.39 is 0 Å². The fraction of sp³-hybridized carbons (Fsp3) is 0.938. The molecule has 1 rings (SSSR count). The number of Topliss-reactive ketones (excluding diaryl/α,β-unsaturated/α-hetero) is 1. The van der Waals surface area contributed by atoms with Gasteiger partial charge < -0.3 is 0 Å². The number of carbonyl (C=O) groups is 1. The Bertz CT molecular complexity index is 214. The van der Waals surface area contributed by atoms with Crippen molar-refractivity contribution in [3.63, 3.8) is 0 Å². The highest BCUT2D eigenvalue weighted by atomic mass is 16.1. The fourth-order valence-corrected chi connectivity index (χ4v) is 2.91. The standard InChI is InChI=1S/C16H30O/c1-13(2)9-10-14(3)11-16(17)12-15-7-5-4-6-8-15/h13-15H,4-12H2,1-3H3. The van der Waals surface area contributed by atoms with Crippen LogP contribution >= 0.6 is 0 Å². The Morgan fingerprint density at radius 3 is 2.29 bits per heavy atom. The zero-order valence-corrected chi connectivity index (χ0v) is 12.0. The first kappa shape index (κ1) is 14.7. The summed E-state index contributed by atoms with van der Waals surface area (Å²) in [6.45, 7) is 6.76. The highest BCUT2D eigenvalue weighted by Gasteiger charge is 2.18. The van der Waals surface area contributed by atoms with Gasteiger partial charge in [-0.3, -0.25) is 4.79 Å². The van der Waals surface area contributed by atoms with Gasteiger partial charge in [-0.2, -0.15) is 0 Å². The molecule has 0 aromatic rings. The molecule has 100 valence electrons. The van der Waals surface area contributed by atoms with E-state index in [-0.39, 0.29) is 0 Å².